The van der Waals surface area contributed by atoms with Crippen LogP contribution in [0.5, 0.6) is 0 Å². The summed E-state index contributed by atoms with van der Waals surface area (Å²) in [5.41, 5.74) is 0.680. The third-order valence-electron chi connectivity index (χ3n) is 3.17. The van der Waals surface area contributed by atoms with Crippen molar-refractivity contribution in [3.05, 3.63) is 24.3 Å². The number of nitrogens with zero attached hydrogens (tertiary/aromatic N) is 1. The smallest absolute Gasteiger partial charge is 0.242 e. The van der Waals surface area contributed by atoms with E-state index in [1.54, 1.807) is 12.1 Å². The van der Waals surface area contributed by atoms with Crippen LogP contribution in [-0.4, -0.2) is 46.5 Å². The van der Waals surface area contributed by atoms with Crippen LogP contribution in [-0.2, 0) is 10.0 Å². The highest BCUT2D eigenvalue weighted by atomic mass is 32.2. The molecule has 1 aromatic rings. The molecule has 2 rings (SSSR count). The Morgan fingerprint density at radius 2 is 1.95 bits per heavy atom. The Labute approximate surface area is 121 Å². The largest absolute Gasteiger partial charge is 0.384 e. The number of rotatable bonds is 8. The van der Waals surface area contributed by atoms with Gasteiger partial charge in [-0.2, -0.15) is 0 Å². The van der Waals surface area contributed by atoms with Gasteiger partial charge in [-0.15, -0.1) is 0 Å². The van der Waals surface area contributed by atoms with Crippen molar-refractivity contribution in [1.82, 2.24) is 9.62 Å². The Hall–Kier alpha value is -1.11. The molecular weight excluding hydrogens is 274 g/mol. The van der Waals surface area contributed by atoms with Crippen molar-refractivity contribution in [2.24, 2.45) is 0 Å². The van der Waals surface area contributed by atoms with E-state index in [0.717, 1.165) is 32.4 Å². The molecule has 112 valence electrons. The van der Waals surface area contributed by atoms with Gasteiger partial charge in [0.05, 0.1) is 5.69 Å². The quantitative estimate of drug-likeness (QED) is 0.714. The molecule has 6 heteroatoms. The standard InChI is InChI=1S/C14H23N3O2S/c1-17(2)11-5-10-15-13-6-3-4-7-14(13)20(18,19)16-12-8-9-12/h3-4,6-7,12,15-16H,5,8-11H2,1-2H3. The van der Waals surface area contributed by atoms with Crippen LogP contribution in [0.25, 0.3) is 0 Å². The molecule has 0 radical (unpaired) electrons. The molecule has 5 nitrogen and oxygen atoms in total. The Morgan fingerprint density at radius 1 is 1.25 bits per heavy atom. The van der Waals surface area contributed by atoms with E-state index in [0.29, 0.717) is 10.6 Å². The van der Waals surface area contributed by atoms with Crippen molar-refractivity contribution in [2.75, 3.05) is 32.5 Å². The molecule has 1 aliphatic carbocycles. The summed E-state index contributed by atoms with van der Waals surface area (Å²) in [6.07, 6.45) is 2.85. The number of para-hydroxylation sites is 1. The van der Waals surface area contributed by atoms with Crippen LogP contribution in [0, 0.1) is 0 Å². The first-order valence-electron chi connectivity index (χ1n) is 6.99. The first kappa shape index (κ1) is 15.3. The molecule has 0 bridgehead atoms. The first-order chi connectivity index (χ1) is 9.49. The Kier molecular flexibility index (Phi) is 5.01. The van der Waals surface area contributed by atoms with E-state index >= 15 is 0 Å². The second-order valence-corrected chi connectivity index (χ2v) is 7.16. The third-order valence-corrected chi connectivity index (χ3v) is 4.75. The Balaban J connectivity index is 2.01. The van der Waals surface area contributed by atoms with Crippen LogP contribution in [0.2, 0.25) is 0 Å². The maximum atomic E-state index is 12.3. The second kappa shape index (κ2) is 6.56. The molecule has 2 N–H and O–H groups in total. The second-order valence-electron chi connectivity index (χ2n) is 5.48. The molecule has 1 aromatic carbocycles. The molecule has 0 spiro atoms. The summed E-state index contributed by atoms with van der Waals surface area (Å²) in [5.74, 6) is 0. The average molecular weight is 297 g/mol. The third kappa shape index (κ3) is 4.47. The summed E-state index contributed by atoms with van der Waals surface area (Å²) in [5, 5.41) is 3.22. The molecule has 0 heterocycles. The minimum Gasteiger partial charge on any atom is -0.384 e. The van der Waals surface area contributed by atoms with Crippen molar-refractivity contribution in [2.45, 2.75) is 30.2 Å². The highest BCUT2D eigenvalue weighted by Gasteiger charge is 2.29. The predicted molar refractivity (Wildman–Crippen MR) is 81.4 cm³/mol. The molecule has 1 saturated carbocycles. The van der Waals surface area contributed by atoms with Crippen LogP contribution >= 0.6 is 0 Å². The van der Waals surface area contributed by atoms with E-state index in [4.69, 9.17) is 0 Å². The molecule has 0 aromatic heterocycles. The summed E-state index contributed by atoms with van der Waals surface area (Å²) in [7, 11) is 0.647. The zero-order valence-corrected chi connectivity index (χ0v) is 12.9. The van der Waals surface area contributed by atoms with Crippen LogP contribution in [0.4, 0.5) is 5.69 Å². The van der Waals surface area contributed by atoms with E-state index in [-0.39, 0.29) is 6.04 Å². The van der Waals surface area contributed by atoms with Gasteiger partial charge in [0.2, 0.25) is 10.0 Å². The lowest BCUT2D eigenvalue weighted by Crippen LogP contribution is -2.26. The first-order valence-corrected chi connectivity index (χ1v) is 8.47. The normalized spacial score (nSPS) is 15.6. The van der Waals surface area contributed by atoms with Gasteiger partial charge in [-0.25, -0.2) is 13.1 Å². The average Bonchev–Trinajstić information content (AvgIpc) is 3.18. The lowest BCUT2D eigenvalue weighted by Gasteiger charge is -2.14. The molecule has 0 saturated heterocycles. The van der Waals surface area contributed by atoms with Gasteiger partial charge in [-0.05, 0) is 52.0 Å². The minimum absolute atomic E-state index is 0.127. The molecule has 0 aliphatic heterocycles. The van der Waals surface area contributed by atoms with Crippen molar-refractivity contribution in [3.63, 3.8) is 0 Å². The van der Waals surface area contributed by atoms with Gasteiger partial charge in [0.15, 0.2) is 0 Å². The summed E-state index contributed by atoms with van der Waals surface area (Å²) in [4.78, 5) is 2.45. The predicted octanol–water partition coefficient (Wildman–Crippen LogP) is 1.49. The summed E-state index contributed by atoms with van der Waals surface area (Å²) < 4.78 is 27.3. The zero-order valence-electron chi connectivity index (χ0n) is 12.1. The van der Waals surface area contributed by atoms with Gasteiger partial charge in [0.25, 0.3) is 0 Å². The fraction of sp³-hybridized carbons (Fsp3) is 0.571. The molecule has 0 amide bonds. The van der Waals surface area contributed by atoms with Crippen LogP contribution in [0.1, 0.15) is 19.3 Å². The lowest BCUT2D eigenvalue weighted by molar-refractivity contribution is 0.405. The summed E-state index contributed by atoms with van der Waals surface area (Å²) in [6.45, 7) is 1.73. The number of hydrogen-bond donors (Lipinski definition) is 2. The van der Waals surface area contributed by atoms with Gasteiger partial charge in [-0.3, -0.25) is 0 Å². The maximum absolute atomic E-state index is 12.3. The van der Waals surface area contributed by atoms with Gasteiger partial charge in [0.1, 0.15) is 4.90 Å². The van der Waals surface area contributed by atoms with Gasteiger partial charge >= 0.3 is 0 Å². The Morgan fingerprint density at radius 3 is 2.60 bits per heavy atom. The monoisotopic (exact) mass is 297 g/mol. The maximum Gasteiger partial charge on any atom is 0.242 e. The van der Waals surface area contributed by atoms with Gasteiger partial charge in [-0.1, -0.05) is 12.1 Å². The van der Waals surface area contributed by atoms with E-state index in [1.807, 2.05) is 26.2 Å². The van der Waals surface area contributed by atoms with E-state index < -0.39 is 10.0 Å². The molecule has 1 fully saturated rings. The number of benzene rings is 1. The highest BCUT2D eigenvalue weighted by molar-refractivity contribution is 7.89. The summed E-state index contributed by atoms with van der Waals surface area (Å²) >= 11 is 0. The van der Waals surface area contributed by atoms with Crippen LogP contribution in [0.15, 0.2) is 29.2 Å². The number of anilines is 1. The van der Waals surface area contributed by atoms with E-state index in [2.05, 4.69) is 14.9 Å². The molecule has 0 unspecified atom stereocenters. The molecule has 20 heavy (non-hydrogen) atoms. The topological polar surface area (TPSA) is 61.4 Å². The SMILES string of the molecule is CN(C)CCCNc1ccccc1S(=O)(=O)NC1CC1. The fourth-order valence-electron chi connectivity index (χ4n) is 1.95. The van der Waals surface area contributed by atoms with Crippen molar-refractivity contribution in [3.8, 4) is 0 Å². The fourth-order valence-corrected chi connectivity index (χ4v) is 3.44. The molecular formula is C14H23N3O2S. The molecule has 1 aliphatic rings. The van der Waals surface area contributed by atoms with Gasteiger partial charge in [0, 0.05) is 12.6 Å². The van der Waals surface area contributed by atoms with Crippen molar-refractivity contribution < 1.29 is 8.42 Å². The summed E-state index contributed by atoms with van der Waals surface area (Å²) in [6, 6.07) is 7.20. The highest BCUT2D eigenvalue weighted by Crippen LogP contribution is 2.25. The minimum atomic E-state index is -3.40. The van der Waals surface area contributed by atoms with E-state index in [1.165, 1.54) is 0 Å². The van der Waals surface area contributed by atoms with Crippen LogP contribution in [0.3, 0.4) is 0 Å². The number of hydrogen-bond acceptors (Lipinski definition) is 4. The number of sulfonamides is 1. The van der Waals surface area contributed by atoms with Crippen molar-refractivity contribution >= 4 is 15.7 Å². The lowest BCUT2D eigenvalue weighted by atomic mass is 10.3. The number of nitrogens with one attached hydrogen (secondary N) is 2. The van der Waals surface area contributed by atoms with Gasteiger partial charge < -0.3 is 10.2 Å². The van der Waals surface area contributed by atoms with Crippen molar-refractivity contribution in [1.29, 1.82) is 0 Å². The Bertz CT molecular complexity index is 539. The zero-order chi connectivity index (χ0) is 14.6. The van der Waals surface area contributed by atoms with Crippen LogP contribution < -0.4 is 10.0 Å². The molecule has 0 atom stereocenters. The van der Waals surface area contributed by atoms with E-state index in [9.17, 15) is 8.42 Å².